The van der Waals surface area contributed by atoms with Crippen molar-refractivity contribution >= 4 is 40.4 Å². The smallest absolute Gasteiger partial charge is 0.234 e. The fourth-order valence-corrected chi connectivity index (χ4v) is 4.88. The highest BCUT2D eigenvalue weighted by Gasteiger charge is 2.51. The van der Waals surface area contributed by atoms with Crippen LogP contribution in [0.25, 0.3) is 11.5 Å². The molecule has 158 valence electrons. The van der Waals surface area contributed by atoms with Crippen LogP contribution in [0.3, 0.4) is 0 Å². The van der Waals surface area contributed by atoms with E-state index in [9.17, 15) is 4.79 Å². The zero-order chi connectivity index (χ0) is 22.0. The van der Waals surface area contributed by atoms with Gasteiger partial charge in [0.15, 0.2) is 16.6 Å². The van der Waals surface area contributed by atoms with E-state index < -0.39 is 5.41 Å². The van der Waals surface area contributed by atoms with Gasteiger partial charge >= 0.3 is 0 Å². The number of aromatic nitrogens is 7. The first-order chi connectivity index (χ1) is 14.7. The van der Waals surface area contributed by atoms with E-state index >= 15 is 0 Å². The number of nitrogens with one attached hydrogen (secondary N) is 1. The van der Waals surface area contributed by atoms with Crippen molar-refractivity contribution in [2.45, 2.75) is 38.0 Å². The van der Waals surface area contributed by atoms with Crippen molar-refractivity contribution < 1.29 is 4.79 Å². The van der Waals surface area contributed by atoms with Gasteiger partial charge in [-0.25, -0.2) is 14.5 Å². The minimum atomic E-state index is -0.826. The number of pyridine rings is 1. The van der Waals surface area contributed by atoms with Gasteiger partial charge < -0.3 is 5.32 Å². The molecule has 1 atom stereocenters. The van der Waals surface area contributed by atoms with Crippen molar-refractivity contribution in [1.29, 1.82) is 0 Å². The molecule has 4 heterocycles. The van der Waals surface area contributed by atoms with Crippen LogP contribution >= 0.6 is 23.2 Å². The highest BCUT2D eigenvalue weighted by molar-refractivity contribution is 6.32. The van der Waals surface area contributed by atoms with Crippen LogP contribution in [0, 0.1) is 0 Å². The SMILES string of the molecule is CC1(C)CC(C)(C(=O)Nc2cnc(-n3nccn3)c(Cl)c2)c2cnc3cc(Cl)nn3c21. The summed E-state index contributed by atoms with van der Waals surface area (Å²) in [5, 5.41) is 16.1. The number of rotatable bonds is 3. The molecule has 0 fully saturated rings. The van der Waals surface area contributed by atoms with E-state index in [4.69, 9.17) is 23.2 Å². The molecule has 9 nitrogen and oxygen atoms in total. The van der Waals surface area contributed by atoms with Gasteiger partial charge in [-0.2, -0.15) is 15.3 Å². The van der Waals surface area contributed by atoms with Crippen molar-refractivity contribution in [3.8, 4) is 5.82 Å². The van der Waals surface area contributed by atoms with Gasteiger partial charge in [-0.05, 0) is 19.4 Å². The van der Waals surface area contributed by atoms with Crippen LogP contribution in [-0.4, -0.2) is 40.5 Å². The molecule has 0 saturated carbocycles. The minimum Gasteiger partial charge on any atom is -0.324 e. The summed E-state index contributed by atoms with van der Waals surface area (Å²) in [7, 11) is 0. The van der Waals surface area contributed by atoms with Crippen molar-refractivity contribution in [2.75, 3.05) is 5.32 Å². The van der Waals surface area contributed by atoms with E-state index in [1.54, 1.807) is 22.8 Å². The molecule has 0 spiro atoms. The Morgan fingerprint density at radius 2 is 1.84 bits per heavy atom. The molecule has 0 bridgehead atoms. The summed E-state index contributed by atoms with van der Waals surface area (Å²) in [6.45, 7) is 6.08. The van der Waals surface area contributed by atoms with Gasteiger partial charge in [0.2, 0.25) is 5.91 Å². The molecular weight excluding hydrogens is 439 g/mol. The standard InChI is InChI=1S/C20H18Cl2N8O/c1-19(2)10-20(3,12-9-23-15-7-14(22)28-29(15)16(12)19)18(31)27-11-6-13(21)17(24-8-11)30-25-4-5-26-30/h4-9H,10H2,1-3H3,(H,27,31). The number of hydrogen-bond donors (Lipinski definition) is 1. The normalized spacial score (nSPS) is 19.5. The molecule has 1 aliphatic carbocycles. The van der Waals surface area contributed by atoms with Crippen LogP contribution in [0.1, 0.15) is 38.4 Å². The molecule has 0 radical (unpaired) electrons. The molecule has 1 amide bonds. The molecule has 4 aromatic heterocycles. The Labute approximate surface area is 187 Å². The van der Waals surface area contributed by atoms with Gasteiger partial charge in [0.05, 0.1) is 40.4 Å². The molecule has 4 aromatic rings. The van der Waals surface area contributed by atoms with Gasteiger partial charge in [0, 0.05) is 23.2 Å². The van der Waals surface area contributed by atoms with Crippen LogP contribution in [0.15, 0.2) is 36.9 Å². The predicted molar refractivity (Wildman–Crippen MR) is 116 cm³/mol. The molecule has 5 rings (SSSR count). The molecular formula is C20H18Cl2N8O. The van der Waals surface area contributed by atoms with Crippen molar-refractivity contribution in [3.63, 3.8) is 0 Å². The summed E-state index contributed by atoms with van der Waals surface area (Å²) in [4.78, 5) is 23.5. The Hall–Kier alpha value is -3.04. The Kier molecular flexibility index (Phi) is 4.32. The third-order valence-electron chi connectivity index (χ3n) is 5.67. The number of carbonyl (C=O) groups excluding carboxylic acids is 1. The molecule has 1 aliphatic rings. The number of amides is 1. The third kappa shape index (κ3) is 3.07. The van der Waals surface area contributed by atoms with Crippen LogP contribution in [0.4, 0.5) is 5.69 Å². The maximum atomic E-state index is 13.5. The summed E-state index contributed by atoms with van der Waals surface area (Å²) in [6, 6.07) is 3.33. The van der Waals surface area contributed by atoms with E-state index in [2.05, 4.69) is 44.4 Å². The van der Waals surface area contributed by atoms with E-state index in [1.807, 2.05) is 6.92 Å². The second kappa shape index (κ2) is 6.73. The lowest BCUT2D eigenvalue weighted by Crippen LogP contribution is -2.37. The fraction of sp³-hybridized carbons (Fsp3) is 0.300. The molecule has 1 unspecified atom stereocenters. The summed E-state index contributed by atoms with van der Waals surface area (Å²) < 4.78 is 1.74. The van der Waals surface area contributed by atoms with E-state index in [1.165, 1.54) is 23.4 Å². The summed E-state index contributed by atoms with van der Waals surface area (Å²) in [6.07, 6.45) is 6.92. The average Bonchev–Trinajstić information content (AvgIpc) is 3.39. The monoisotopic (exact) mass is 456 g/mol. The molecule has 0 aromatic carbocycles. The van der Waals surface area contributed by atoms with Crippen LogP contribution in [-0.2, 0) is 15.6 Å². The number of carbonyl (C=O) groups is 1. The lowest BCUT2D eigenvalue weighted by atomic mass is 9.79. The fourth-order valence-electron chi connectivity index (χ4n) is 4.47. The molecule has 0 aliphatic heterocycles. The van der Waals surface area contributed by atoms with Crippen molar-refractivity contribution in [2.24, 2.45) is 0 Å². The van der Waals surface area contributed by atoms with Crippen molar-refractivity contribution in [3.05, 3.63) is 58.4 Å². The predicted octanol–water partition coefficient (Wildman–Crippen LogP) is 3.59. The maximum absolute atomic E-state index is 13.5. The lowest BCUT2D eigenvalue weighted by molar-refractivity contribution is -0.121. The van der Waals surface area contributed by atoms with Crippen LogP contribution in [0.2, 0.25) is 10.2 Å². The Morgan fingerprint density at radius 3 is 2.55 bits per heavy atom. The maximum Gasteiger partial charge on any atom is 0.234 e. The van der Waals surface area contributed by atoms with Gasteiger partial charge in [-0.3, -0.25) is 4.79 Å². The summed E-state index contributed by atoms with van der Waals surface area (Å²) >= 11 is 12.4. The van der Waals surface area contributed by atoms with Crippen LogP contribution in [0.5, 0.6) is 0 Å². The number of fused-ring (bicyclic) bond motifs is 3. The molecule has 0 saturated heterocycles. The minimum absolute atomic E-state index is 0.179. The number of hydrogen-bond acceptors (Lipinski definition) is 6. The van der Waals surface area contributed by atoms with Gasteiger partial charge in [-0.15, -0.1) is 4.80 Å². The Morgan fingerprint density at radius 1 is 1.10 bits per heavy atom. The number of anilines is 1. The van der Waals surface area contributed by atoms with Crippen molar-refractivity contribution in [1.82, 2.24) is 34.6 Å². The zero-order valence-electron chi connectivity index (χ0n) is 17.0. The lowest BCUT2D eigenvalue weighted by Gasteiger charge is -2.26. The molecule has 11 heteroatoms. The molecule has 1 N–H and O–H groups in total. The number of nitrogens with zero attached hydrogens (tertiary/aromatic N) is 7. The van der Waals surface area contributed by atoms with E-state index in [0.29, 0.717) is 33.7 Å². The van der Waals surface area contributed by atoms with Crippen LogP contribution < -0.4 is 5.32 Å². The average molecular weight is 457 g/mol. The zero-order valence-corrected chi connectivity index (χ0v) is 18.5. The summed E-state index contributed by atoms with van der Waals surface area (Å²) in [5.41, 5.74) is 1.74. The first-order valence-corrected chi connectivity index (χ1v) is 10.3. The van der Waals surface area contributed by atoms with Gasteiger partial charge in [0.25, 0.3) is 0 Å². The quantitative estimate of drug-likeness (QED) is 0.505. The highest BCUT2D eigenvalue weighted by Crippen LogP contribution is 2.49. The summed E-state index contributed by atoms with van der Waals surface area (Å²) in [5.74, 6) is 0.201. The Balaban J connectivity index is 1.51. The Bertz CT molecular complexity index is 1330. The first kappa shape index (κ1) is 19.9. The van der Waals surface area contributed by atoms with Gasteiger partial charge in [0.1, 0.15) is 0 Å². The second-order valence-electron chi connectivity index (χ2n) is 8.45. The van der Waals surface area contributed by atoms with Gasteiger partial charge in [-0.1, -0.05) is 37.0 Å². The van der Waals surface area contributed by atoms with E-state index in [0.717, 1.165) is 11.3 Å². The molecule has 31 heavy (non-hydrogen) atoms. The first-order valence-electron chi connectivity index (χ1n) is 9.58. The highest BCUT2D eigenvalue weighted by atomic mass is 35.5. The van der Waals surface area contributed by atoms with E-state index in [-0.39, 0.29) is 11.3 Å². The second-order valence-corrected chi connectivity index (χ2v) is 9.25. The topological polar surface area (TPSA) is 103 Å². The largest absolute Gasteiger partial charge is 0.324 e. The third-order valence-corrected chi connectivity index (χ3v) is 6.14. The number of halogens is 2.